The average Bonchev–Trinajstić information content (AvgIpc) is 3.76. The van der Waals surface area contributed by atoms with E-state index in [2.05, 4.69) is 219 Å². The smallest absolute Gasteiger partial charge is 0.0640 e. The summed E-state index contributed by atoms with van der Waals surface area (Å²) >= 11 is 1.87. The Hall–Kier alpha value is -6.74. The first kappa shape index (κ1) is 33.6. The molecule has 0 spiro atoms. The molecule has 0 amide bonds. The molecule has 0 atom stereocenters. The van der Waals surface area contributed by atoms with E-state index in [0.29, 0.717) is 0 Å². The van der Waals surface area contributed by atoms with E-state index in [1.54, 1.807) is 0 Å². The van der Waals surface area contributed by atoms with Gasteiger partial charge in [-0.15, -0.1) is 11.3 Å². The Balaban J connectivity index is 0.983. The van der Waals surface area contributed by atoms with Crippen LogP contribution >= 0.6 is 11.3 Å². The summed E-state index contributed by atoms with van der Waals surface area (Å²) < 4.78 is 2.59. The third-order valence-electron chi connectivity index (χ3n) is 12.1. The first-order chi connectivity index (χ1) is 28.0. The summed E-state index contributed by atoms with van der Waals surface area (Å²) in [7, 11) is 0. The Morgan fingerprint density at radius 1 is 0.386 bits per heavy atom. The monoisotopic (exact) mass is 745 g/mol. The normalized spacial score (nSPS) is 12.9. The number of hydrogen-bond donors (Lipinski definition) is 0. The quantitative estimate of drug-likeness (QED) is 0.164. The second-order valence-corrected chi connectivity index (χ2v) is 16.8. The fraction of sp³-hybridized carbons (Fsp3) is 0.0545. The predicted octanol–water partition coefficient (Wildman–Crippen LogP) is 16.0. The number of thiophene rings is 1. The molecule has 1 heterocycles. The summed E-state index contributed by atoms with van der Waals surface area (Å²) in [6.07, 6.45) is 0. The van der Waals surface area contributed by atoms with Crippen LogP contribution in [-0.2, 0) is 5.41 Å². The summed E-state index contributed by atoms with van der Waals surface area (Å²) in [6, 6.07) is 73.8. The van der Waals surface area contributed by atoms with E-state index in [-0.39, 0.29) is 5.41 Å². The molecule has 0 bridgehead atoms. The van der Waals surface area contributed by atoms with Gasteiger partial charge in [0.25, 0.3) is 0 Å². The minimum absolute atomic E-state index is 0.0362. The number of benzene rings is 9. The van der Waals surface area contributed by atoms with Crippen molar-refractivity contribution in [3.8, 4) is 44.5 Å². The summed E-state index contributed by atoms with van der Waals surface area (Å²) in [6.45, 7) is 4.70. The van der Waals surface area contributed by atoms with Gasteiger partial charge in [0.2, 0.25) is 0 Å². The van der Waals surface area contributed by atoms with Crippen molar-refractivity contribution in [2.75, 3.05) is 4.90 Å². The molecule has 2 heteroatoms. The number of rotatable bonds is 6. The van der Waals surface area contributed by atoms with Gasteiger partial charge in [-0.1, -0.05) is 159 Å². The molecular weight excluding hydrogens is 707 g/mol. The van der Waals surface area contributed by atoms with Gasteiger partial charge in [-0.2, -0.15) is 0 Å². The van der Waals surface area contributed by atoms with Crippen LogP contribution in [0.4, 0.5) is 17.1 Å². The maximum atomic E-state index is 2.43. The number of hydrogen-bond acceptors (Lipinski definition) is 2. The summed E-state index contributed by atoms with van der Waals surface area (Å²) in [5.74, 6) is 0. The third-order valence-corrected chi connectivity index (χ3v) is 13.3. The van der Waals surface area contributed by atoms with Gasteiger partial charge in [-0.25, -0.2) is 0 Å². The fourth-order valence-electron chi connectivity index (χ4n) is 9.07. The van der Waals surface area contributed by atoms with Gasteiger partial charge in [0, 0.05) is 32.3 Å². The lowest BCUT2D eigenvalue weighted by molar-refractivity contribution is 0.660. The van der Waals surface area contributed by atoms with Gasteiger partial charge in [0.05, 0.1) is 10.4 Å². The lowest BCUT2D eigenvalue weighted by atomic mass is 9.81. The minimum Gasteiger partial charge on any atom is -0.309 e. The highest BCUT2D eigenvalue weighted by atomic mass is 32.1. The van der Waals surface area contributed by atoms with Crippen molar-refractivity contribution < 1.29 is 0 Å². The molecular formula is C55H39NS. The molecule has 10 aromatic rings. The first-order valence-corrected chi connectivity index (χ1v) is 20.6. The summed E-state index contributed by atoms with van der Waals surface area (Å²) in [4.78, 5) is 2.43. The first-order valence-electron chi connectivity index (χ1n) is 19.7. The van der Waals surface area contributed by atoms with Crippen LogP contribution in [0.1, 0.15) is 25.0 Å². The Morgan fingerprint density at radius 3 is 1.74 bits per heavy atom. The number of fused-ring (bicyclic) bond motifs is 7. The van der Waals surface area contributed by atoms with Crippen molar-refractivity contribution in [2.24, 2.45) is 0 Å². The van der Waals surface area contributed by atoms with Crippen molar-refractivity contribution in [3.63, 3.8) is 0 Å². The Bertz CT molecular complexity index is 3150. The van der Waals surface area contributed by atoms with Crippen LogP contribution in [0.3, 0.4) is 0 Å². The Labute approximate surface area is 337 Å². The van der Waals surface area contributed by atoms with Gasteiger partial charge in [-0.3, -0.25) is 0 Å². The van der Waals surface area contributed by atoms with Crippen LogP contribution in [0, 0.1) is 0 Å². The Morgan fingerprint density at radius 2 is 0.947 bits per heavy atom. The van der Waals surface area contributed by atoms with Crippen LogP contribution in [-0.4, -0.2) is 0 Å². The van der Waals surface area contributed by atoms with Crippen molar-refractivity contribution in [3.05, 3.63) is 211 Å². The van der Waals surface area contributed by atoms with Crippen LogP contribution in [0.15, 0.2) is 200 Å². The number of anilines is 3. The molecule has 0 saturated carbocycles. The van der Waals surface area contributed by atoms with Crippen LogP contribution in [0.5, 0.6) is 0 Å². The molecule has 1 nitrogen and oxygen atoms in total. The predicted molar refractivity (Wildman–Crippen MR) is 245 cm³/mol. The van der Waals surface area contributed by atoms with E-state index in [1.807, 2.05) is 11.3 Å². The van der Waals surface area contributed by atoms with E-state index in [9.17, 15) is 0 Å². The van der Waals surface area contributed by atoms with Gasteiger partial charge in [0.1, 0.15) is 0 Å². The number of nitrogens with zero attached hydrogens (tertiary/aromatic N) is 1. The molecule has 0 radical (unpaired) electrons. The van der Waals surface area contributed by atoms with Crippen LogP contribution < -0.4 is 4.90 Å². The van der Waals surface area contributed by atoms with Crippen LogP contribution in [0.2, 0.25) is 0 Å². The second kappa shape index (κ2) is 13.2. The highest BCUT2D eigenvalue weighted by molar-refractivity contribution is 7.26. The zero-order valence-electron chi connectivity index (χ0n) is 31.9. The van der Waals surface area contributed by atoms with Gasteiger partial charge < -0.3 is 4.90 Å². The highest BCUT2D eigenvalue weighted by Crippen LogP contribution is 2.50. The summed E-state index contributed by atoms with van der Waals surface area (Å²) in [5, 5.41) is 5.11. The molecule has 270 valence electrons. The van der Waals surface area contributed by atoms with Crippen molar-refractivity contribution >= 4 is 59.3 Å². The average molecular weight is 746 g/mol. The topological polar surface area (TPSA) is 3.24 Å². The maximum absolute atomic E-state index is 2.43. The van der Waals surface area contributed by atoms with E-state index in [4.69, 9.17) is 0 Å². The molecule has 57 heavy (non-hydrogen) atoms. The lowest BCUT2D eigenvalue weighted by Gasteiger charge is -2.26. The molecule has 0 fully saturated rings. The molecule has 1 aliphatic rings. The van der Waals surface area contributed by atoms with Gasteiger partial charge in [0.15, 0.2) is 0 Å². The molecule has 1 aromatic heterocycles. The van der Waals surface area contributed by atoms with E-state index < -0.39 is 0 Å². The maximum Gasteiger partial charge on any atom is 0.0640 e. The minimum atomic E-state index is -0.0362. The molecule has 0 aliphatic heterocycles. The molecule has 0 unspecified atom stereocenters. The van der Waals surface area contributed by atoms with E-state index in [0.717, 1.165) is 11.4 Å². The fourth-order valence-corrected chi connectivity index (χ4v) is 10.3. The van der Waals surface area contributed by atoms with E-state index >= 15 is 0 Å². The van der Waals surface area contributed by atoms with Gasteiger partial charge in [-0.05, 0) is 121 Å². The molecule has 9 aromatic carbocycles. The van der Waals surface area contributed by atoms with Crippen molar-refractivity contribution in [1.29, 1.82) is 0 Å². The van der Waals surface area contributed by atoms with E-state index in [1.165, 1.54) is 92.3 Å². The molecule has 0 saturated heterocycles. The molecule has 11 rings (SSSR count). The van der Waals surface area contributed by atoms with Crippen molar-refractivity contribution in [2.45, 2.75) is 19.3 Å². The third kappa shape index (κ3) is 5.59. The zero-order valence-corrected chi connectivity index (χ0v) is 32.7. The Kier molecular flexibility index (Phi) is 7.77. The van der Waals surface area contributed by atoms with Crippen molar-refractivity contribution in [1.82, 2.24) is 0 Å². The zero-order chi connectivity index (χ0) is 38.1. The molecule has 0 N–H and O–H groups in total. The largest absolute Gasteiger partial charge is 0.309 e. The summed E-state index contributed by atoms with van der Waals surface area (Å²) in [5.41, 5.74) is 16.2. The standard InChI is InChI=1S/C55H39NS/c1-55(2)50-18-7-5-15-46(50)47-32-27-43(35-51(47)55)38-25-30-45(31-26-38)56(52-19-10-17-49-48-16-6-8-20-53(48)57-54(49)52)44-28-23-37(24-29-44)40-13-9-14-41(33-40)42-22-21-36-11-3-4-12-39(36)34-42/h3-35H,1-2H3. The lowest BCUT2D eigenvalue weighted by Crippen LogP contribution is -2.14. The van der Waals surface area contributed by atoms with Gasteiger partial charge >= 0.3 is 0 Å². The molecule has 1 aliphatic carbocycles. The van der Waals surface area contributed by atoms with Crippen LogP contribution in [0.25, 0.3) is 75.5 Å². The second-order valence-electron chi connectivity index (χ2n) is 15.8. The highest BCUT2D eigenvalue weighted by Gasteiger charge is 2.35. The SMILES string of the molecule is CC1(C)c2ccccc2-c2ccc(-c3ccc(N(c4ccc(-c5cccc(-c6ccc7ccccc7c6)c5)cc4)c4cccc5c4sc4ccccc45)cc3)cc21.